The number of rotatable bonds is 2. The van der Waals surface area contributed by atoms with Crippen LogP contribution in [-0.4, -0.2) is 12.5 Å². The highest BCUT2D eigenvalue weighted by atomic mass is 35.5. The van der Waals surface area contributed by atoms with E-state index in [0.29, 0.717) is 22.7 Å². The lowest BCUT2D eigenvalue weighted by Gasteiger charge is -2.29. The number of nitrogen functional groups attached to an aromatic ring is 1. The first-order chi connectivity index (χ1) is 10.1. The van der Waals surface area contributed by atoms with E-state index in [4.69, 9.17) is 22.1 Å². The van der Waals surface area contributed by atoms with Crippen molar-refractivity contribution in [1.82, 2.24) is 0 Å². The van der Waals surface area contributed by atoms with Crippen LogP contribution in [0.1, 0.15) is 5.56 Å². The molecule has 0 spiro atoms. The molecule has 1 heterocycles. The third-order valence-corrected chi connectivity index (χ3v) is 3.71. The molecule has 0 bridgehead atoms. The van der Waals surface area contributed by atoms with E-state index in [9.17, 15) is 9.18 Å². The lowest BCUT2D eigenvalue weighted by atomic mass is 10.1. The van der Waals surface area contributed by atoms with E-state index in [2.05, 4.69) is 0 Å². The maximum absolute atomic E-state index is 13.5. The molecule has 1 aliphatic rings. The smallest absolute Gasteiger partial charge is 0.265 e. The Morgan fingerprint density at radius 3 is 2.95 bits per heavy atom. The molecule has 0 aromatic heterocycles. The lowest BCUT2D eigenvalue weighted by molar-refractivity contribution is -0.121. The first kappa shape index (κ1) is 13.7. The van der Waals surface area contributed by atoms with Gasteiger partial charge in [-0.2, -0.15) is 0 Å². The molecule has 0 saturated carbocycles. The second-order valence-corrected chi connectivity index (χ2v) is 5.09. The van der Waals surface area contributed by atoms with Crippen LogP contribution in [0.4, 0.5) is 15.8 Å². The van der Waals surface area contributed by atoms with Crippen molar-refractivity contribution in [2.75, 3.05) is 17.2 Å². The van der Waals surface area contributed by atoms with Crippen LogP contribution < -0.4 is 15.4 Å². The van der Waals surface area contributed by atoms with Gasteiger partial charge in [0, 0.05) is 11.8 Å². The minimum absolute atomic E-state index is 0.0220. The van der Waals surface area contributed by atoms with E-state index < -0.39 is 5.82 Å². The minimum atomic E-state index is -0.507. The van der Waals surface area contributed by atoms with Crippen molar-refractivity contribution >= 4 is 28.9 Å². The third-order valence-electron chi connectivity index (χ3n) is 3.29. The van der Waals surface area contributed by atoms with Crippen molar-refractivity contribution in [2.45, 2.75) is 6.54 Å². The van der Waals surface area contributed by atoms with Crippen LogP contribution in [0.15, 0.2) is 36.4 Å². The number of amides is 1. The van der Waals surface area contributed by atoms with Gasteiger partial charge in [0.1, 0.15) is 11.6 Å². The predicted octanol–water partition coefficient (Wildman–Crippen LogP) is 2.99. The van der Waals surface area contributed by atoms with Gasteiger partial charge in [0.05, 0.1) is 17.3 Å². The molecule has 0 fully saturated rings. The Labute approximate surface area is 125 Å². The summed E-state index contributed by atoms with van der Waals surface area (Å²) in [5.74, 6) is -0.192. The molecule has 3 rings (SSSR count). The second kappa shape index (κ2) is 5.26. The van der Waals surface area contributed by atoms with Crippen molar-refractivity contribution in [3.8, 4) is 5.75 Å². The van der Waals surface area contributed by atoms with E-state index in [1.165, 1.54) is 11.0 Å². The van der Waals surface area contributed by atoms with Gasteiger partial charge < -0.3 is 15.4 Å². The molecule has 4 nitrogen and oxygen atoms in total. The topological polar surface area (TPSA) is 55.6 Å². The summed E-state index contributed by atoms with van der Waals surface area (Å²) in [5.41, 5.74) is 7.39. The average molecular weight is 307 g/mol. The van der Waals surface area contributed by atoms with E-state index in [0.717, 1.165) is 0 Å². The third kappa shape index (κ3) is 2.52. The Bertz CT molecular complexity index is 721. The highest BCUT2D eigenvalue weighted by Crippen LogP contribution is 2.35. The summed E-state index contributed by atoms with van der Waals surface area (Å²) in [6, 6.07) is 9.57. The molecule has 0 radical (unpaired) electrons. The Hall–Kier alpha value is -2.27. The quantitative estimate of drug-likeness (QED) is 0.868. The maximum Gasteiger partial charge on any atom is 0.265 e. The Morgan fingerprint density at radius 1 is 1.33 bits per heavy atom. The monoisotopic (exact) mass is 306 g/mol. The fourth-order valence-electron chi connectivity index (χ4n) is 2.24. The first-order valence-corrected chi connectivity index (χ1v) is 6.69. The summed E-state index contributed by atoms with van der Waals surface area (Å²) in [6.45, 7) is 0.0963. The van der Waals surface area contributed by atoms with Gasteiger partial charge in [0.15, 0.2) is 6.61 Å². The van der Waals surface area contributed by atoms with Crippen molar-refractivity contribution in [1.29, 1.82) is 0 Å². The highest BCUT2D eigenvalue weighted by molar-refractivity contribution is 6.31. The molecule has 1 aliphatic heterocycles. The fourth-order valence-corrected chi connectivity index (χ4v) is 2.42. The fraction of sp³-hybridized carbons (Fsp3) is 0.133. The molecular formula is C15H12ClFN2O2. The van der Waals surface area contributed by atoms with Crippen LogP contribution in [0.2, 0.25) is 5.02 Å². The molecule has 0 unspecified atom stereocenters. The number of anilines is 2. The van der Waals surface area contributed by atoms with Gasteiger partial charge in [0.25, 0.3) is 5.91 Å². The SMILES string of the molecule is Nc1ccc2c(c1)OCC(=O)N2Cc1cccc(F)c1Cl. The average Bonchev–Trinajstić information content (AvgIpc) is 2.46. The number of hydrogen-bond acceptors (Lipinski definition) is 3. The number of hydrogen-bond donors (Lipinski definition) is 1. The molecule has 0 aliphatic carbocycles. The van der Waals surface area contributed by atoms with E-state index >= 15 is 0 Å². The normalized spacial score (nSPS) is 13.8. The molecular weight excluding hydrogens is 295 g/mol. The number of ether oxygens (including phenoxy) is 1. The van der Waals surface area contributed by atoms with Crippen molar-refractivity contribution < 1.29 is 13.9 Å². The Morgan fingerprint density at radius 2 is 2.14 bits per heavy atom. The molecule has 1 amide bonds. The van der Waals surface area contributed by atoms with Crippen LogP contribution >= 0.6 is 11.6 Å². The van der Waals surface area contributed by atoms with E-state index in [1.807, 2.05) is 0 Å². The zero-order valence-corrected chi connectivity index (χ0v) is 11.7. The van der Waals surface area contributed by atoms with Gasteiger partial charge in [-0.25, -0.2) is 4.39 Å². The number of benzene rings is 2. The molecule has 0 atom stereocenters. The summed E-state index contributed by atoms with van der Waals surface area (Å²) in [6.07, 6.45) is 0. The molecule has 21 heavy (non-hydrogen) atoms. The van der Waals surface area contributed by atoms with Gasteiger partial charge in [-0.3, -0.25) is 4.79 Å². The standard InChI is InChI=1S/C15H12ClFN2O2/c16-15-9(2-1-3-11(15)17)7-19-12-5-4-10(18)6-13(12)21-8-14(19)20/h1-6H,7-8,18H2. The molecule has 2 aromatic carbocycles. The zero-order valence-electron chi connectivity index (χ0n) is 11.0. The van der Waals surface area contributed by atoms with Gasteiger partial charge in [-0.05, 0) is 23.8 Å². The predicted molar refractivity (Wildman–Crippen MR) is 78.9 cm³/mol. The molecule has 6 heteroatoms. The number of fused-ring (bicyclic) bond motifs is 1. The summed E-state index contributed by atoms with van der Waals surface area (Å²) in [7, 11) is 0. The highest BCUT2D eigenvalue weighted by Gasteiger charge is 2.26. The number of carbonyl (C=O) groups excluding carboxylic acids is 1. The van der Waals surface area contributed by atoms with Crippen LogP contribution in [0.5, 0.6) is 5.75 Å². The van der Waals surface area contributed by atoms with Crippen LogP contribution in [0.3, 0.4) is 0 Å². The summed E-state index contributed by atoms with van der Waals surface area (Å²) < 4.78 is 18.9. The molecule has 2 aromatic rings. The summed E-state index contributed by atoms with van der Waals surface area (Å²) in [5, 5.41) is 0.0220. The summed E-state index contributed by atoms with van der Waals surface area (Å²) in [4.78, 5) is 13.6. The van der Waals surface area contributed by atoms with Gasteiger partial charge in [0.2, 0.25) is 0 Å². The summed E-state index contributed by atoms with van der Waals surface area (Å²) >= 11 is 5.95. The zero-order chi connectivity index (χ0) is 15.0. The first-order valence-electron chi connectivity index (χ1n) is 6.32. The van der Waals surface area contributed by atoms with Gasteiger partial charge >= 0.3 is 0 Å². The lowest BCUT2D eigenvalue weighted by Crippen LogP contribution is -2.38. The number of carbonyl (C=O) groups is 1. The van der Waals surface area contributed by atoms with E-state index in [-0.39, 0.29) is 24.1 Å². The maximum atomic E-state index is 13.5. The molecule has 0 saturated heterocycles. The second-order valence-electron chi connectivity index (χ2n) is 4.71. The number of nitrogens with zero attached hydrogens (tertiary/aromatic N) is 1. The Balaban J connectivity index is 1.99. The largest absolute Gasteiger partial charge is 0.481 e. The van der Waals surface area contributed by atoms with Crippen molar-refractivity contribution in [2.24, 2.45) is 0 Å². The van der Waals surface area contributed by atoms with Crippen molar-refractivity contribution in [3.05, 3.63) is 52.8 Å². The Kier molecular flexibility index (Phi) is 3.43. The van der Waals surface area contributed by atoms with Crippen LogP contribution in [0, 0.1) is 5.82 Å². The minimum Gasteiger partial charge on any atom is -0.481 e. The van der Waals surface area contributed by atoms with Crippen molar-refractivity contribution in [3.63, 3.8) is 0 Å². The van der Waals surface area contributed by atoms with Gasteiger partial charge in [-0.15, -0.1) is 0 Å². The van der Waals surface area contributed by atoms with Crippen LogP contribution in [-0.2, 0) is 11.3 Å². The number of halogens is 2. The van der Waals surface area contributed by atoms with E-state index in [1.54, 1.807) is 30.3 Å². The van der Waals surface area contributed by atoms with Gasteiger partial charge in [-0.1, -0.05) is 23.7 Å². The molecule has 108 valence electrons. The molecule has 2 N–H and O–H groups in total. The number of nitrogens with two attached hydrogens (primary N) is 1. The van der Waals surface area contributed by atoms with Crippen LogP contribution in [0.25, 0.3) is 0 Å².